The van der Waals surface area contributed by atoms with Gasteiger partial charge in [0.2, 0.25) is 0 Å². The van der Waals surface area contributed by atoms with Crippen molar-refractivity contribution in [2.24, 2.45) is 0 Å². The van der Waals surface area contributed by atoms with Crippen LogP contribution in [-0.2, 0) is 29.2 Å². The van der Waals surface area contributed by atoms with Gasteiger partial charge in [0.1, 0.15) is 0 Å². The van der Waals surface area contributed by atoms with Crippen molar-refractivity contribution in [3.05, 3.63) is 71.4 Å². The highest BCUT2D eigenvalue weighted by Gasteiger charge is 2.07. The van der Waals surface area contributed by atoms with E-state index in [9.17, 15) is 0 Å². The number of nitrogens with zero attached hydrogens (tertiary/aromatic N) is 2. The molecule has 7 nitrogen and oxygen atoms in total. The van der Waals surface area contributed by atoms with E-state index >= 15 is 0 Å². The molecule has 150 valence electrons. The lowest BCUT2D eigenvalue weighted by atomic mass is 10.1. The number of benzene rings is 2. The van der Waals surface area contributed by atoms with Crippen LogP contribution in [0.15, 0.2) is 54.7 Å². The zero-order valence-corrected chi connectivity index (χ0v) is 16.1. The average molecular weight is 393 g/mol. The third kappa shape index (κ3) is 6.48. The quantitative estimate of drug-likeness (QED) is 0.554. The molecule has 1 aromatic heterocycles. The maximum atomic E-state index is 9.10. The van der Waals surface area contributed by atoms with Crippen LogP contribution in [0.4, 0.5) is 0 Å². The van der Waals surface area contributed by atoms with E-state index in [1.165, 1.54) is 27.6 Å². The van der Waals surface area contributed by atoms with Gasteiger partial charge in [0.25, 0.3) is 0 Å². The molecule has 0 aliphatic rings. The number of rotatable bonds is 6. The Morgan fingerprint density at radius 1 is 1.03 bits per heavy atom. The summed E-state index contributed by atoms with van der Waals surface area (Å²) >= 11 is 0. The minimum Gasteiger partial charge on any atom is -0.473 e. The van der Waals surface area contributed by atoms with Crippen molar-refractivity contribution >= 4 is 22.8 Å². The Hall–Kier alpha value is -3.63. The molecule has 0 amide bonds. The summed E-state index contributed by atoms with van der Waals surface area (Å²) < 4.78 is 2.18. The number of aliphatic carboxylic acids is 2. The van der Waals surface area contributed by atoms with Crippen LogP contribution in [0, 0.1) is 18.3 Å². The van der Waals surface area contributed by atoms with Crippen molar-refractivity contribution in [1.29, 1.82) is 5.26 Å². The molecule has 0 aliphatic heterocycles. The number of para-hydroxylation sites is 1. The Balaban J connectivity index is 0.000000438. The second kappa shape index (κ2) is 10.6. The number of carboxylic acid groups (broad SMARTS) is 2. The fraction of sp³-hybridized carbons (Fsp3) is 0.227. The van der Waals surface area contributed by atoms with Crippen LogP contribution in [0.5, 0.6) is 0 Å². The van der Waals surface area contributed by atoms with Crippen molar-refractivity contribution in [1.82, 2.24) is 9.88 Å². The summed E-state index contributed by atoms with van der Waals surface area (Å²) in [6.45, 7) is 4.54. The number of carboxylic acids is 2. The third-order valence-corrected chi connectivity index (χ3v) is 4.28. The molecule has 7 heteroatoms. The molecule has 3 aromatic rings. The SMILES string of the molecule is Cc1ccc(CNCc2cn(CCC#N)c3ccccc23)cc1.O=C(O)C(=O)O. The van der Waals surface area contributed by atoms with Gasteiger partial charge in [-0.05, 0) is 24.1 Å². The number of nitrogens with one attached hydrogen (secondary N) is 1. The van der Waals surface area contributed by atoms with Crippen molar-refractivity contribution in [2.75, 3.05) is 0 Å². The largest absolute Gasteiger partial charge is 0.473 e. The third-order valence-electron chi connectivity index (χ3n) is 4.28. The molecule has 0 saturated carbocycles. The second-order valence-electron chi connectivity index (χ2n) is 6.47. The fourth-order valence-corrected chi connectivity index (χ4v) is 2.87. The Labute approximate surface area is 168 Å². The molecule has 3 rings (SSSR count). The number of nitriles is 1. The van der Waals surface area contributed by atoms with E-state index in [1.807, 2.05) is 0 Å². The zero-order chi connectivity index (χ0) is 21.2. The van der Waals surface area contributed by atoms with E-state index in [4.69, 9.17) is 25.1 Å². The van der Waals surface area contributed by atoms with Crippen molar-refractivity contribution in [2.45, 2.75) is 33.0 Å². The molecule has 0 spiro atoms. The van der Waals surface area contributed by atoms with Gasteiger partial charge in [-0.2, -0.15) is 5.26 Å². The zero-order valence-electron chi connectivity index (χ0n) is 16.1. The first-order chi connectivity index (χ1) is 13.9. The van der Waals surface area contributed by atoms with Crippen LogP contribution in [-0.4, -0.2) is 26.7 Å². The molecule has 2 aromatic carbocycles. The van der Waals surface area contributed by atoms with Crippen LogP contribution in [0.1, 0.15) is 23.1 Å². The first kappa shape index (κ1) is 21.7. The monoisotopic (exact) mass is 393 g/mol. The van der Waals surface area contributed by atoms with E-state index in [0.717, 1.165) is 19.6 Å². The number of aromatic nitrogens is 1. The lowest BCUT2D eigenvalue weighted by Gasteiger charge is -2.05. The molecular weight excluding hydrogens is 370 g/mol. The summed E-state index contributed by atoms with van der Waals surface area (Å²) in [6.07, 6.45) is 2.71. The first-order valence-electron chi connectivity index (χ1n) is 9.08. The minimum atomic E-state index is -1.82. The maximum Gasteiger partial charge on any atom is 0.414 e. The first-order valence-corrected chi connectivity index (χ1v) is 9.08. The number of hydrogen-bond donors (Lipinski definition) is 3. The minimum absolute atomic E-state index is 0.537. The highest BCUT2D eigenvalue weighted by atomic mass is 16.4. The molecule has 0 bridgehead atoms. The summed E-state index contributed by atoms with van der Waals surface area (Å²) in [6, 6.07) is 19.2. The summed E-state index contributed by atoms with van der Waals surface area (Å²) in [5.41, 5.74) is 5.07. The number of fused-ring (bicyclic) bond motifs is 1. The van der Waals surface area contributed by atoms with Crippen molar-refractivity contribution < 1.29 is 19.8 Å². The standard InChI is InChI=1S/C20H21N3.C2H2O4/c1-16-7-9-17(10-8-16)13-22-14-18-15-23(12-4-11-21)20-6-3-2-5-19(18)20;3-1(4)2(5)6/h2-3,5-10,15,22H,4,12-14H2,1H3;(H,3,4)(H,5,6). The maximum absolute atomic E-state index is 9.10. The summed E-state index contributed by atoms with van der Waals surface area (Å²) in [5.74, 6) is -3.65. The highest BCUT2D eigenvalue weighted by Crippen LogP contribution is 2.21. The predicted octanol–water partition coefficient (Wildman–Crippen LogP) is 3.31. The van der Waals surface area contributed by atoms with Crippen LogP contribution < -0.4 is 5.32 Å². The van der Waals surface area contributed by atoms with Crippen LogP contribution in [0.25, 0.3) is 10.9 Å². The molecule has 0 aliphatic carbocycles. The van der Waals surface area contributed by atoms with Crippen LogP contribution in [0.3, 0.4) is 0 Å². The molecule has 29 heavy (non-hydrogen) atoms. The summed E-state index contributed by atoms with van der Waals surface area (Å²) in [4.78, 5) is 18.2. The Morgan fingerprint density at radius 2 is 1.69 bits per heavy atom. The molecule has 0 unspecified atom stereocenters. The van der Waals surface area contributed by atoms with Gasteiger partial charge in [0.15, 0.2) is 0 Å². The van der Waals surface area contributed by atoms with Gasteiger partial charge >= 0.3 is 11.9 Å². The van der Waals surface area contributed by atoms with E-state index in [2.05, 4.69) is 77.6 Å². The molecular formula is C22H23N3O4. The molecule has 0 saturated heterocycles. The Kier molecular flexibility index (Phi) is 7.95. The lowest BCUT2D eigenvalue weighted by molar-refractivity contribution is -0.159. The van der Waals surface area contributed by atoms with Gasteiger partial charge in [-0.3, -0.25) is 0 Å². The molecule has 1 heterocycles. The fourth-order valence-electron chi connectivity index (χ4n) is 2.87. The van der Waals surface area contributed by atoms with Gasteiger partial charge in [-0.1, -0.05) is 48.0 Å². The molecule has 0 fully saturated rings. The predicted molar refractivity (Wildman–Crippen MR) is 109 cm³/mol. The van der Waals surface area contributed by atoms with E-state index in [1.54, 1.807) is 0 Å². The van der Waals surface area contributed by atoms with Gasteiger partial charge < -0.3 is 20.1 Å². The second-order valence-corrected chi connectivity index (χ2v) is 6.47. The summed E-state index contributed by atoms with van der Waals surface area (Å²) in [7, 11) is 0. The highest BCUT2D eigenvalue weighted by molar-refractivity contribution is 6.27. The normalized spacial score (nSPS) is 10.1. The number of hydrogen-bond acceptors (Lipinski definition) is 4. The van der Waals surface area contributed by atoms with Crippen LogP contribution in [0.2, 0.25) is 0 Å². The van der Waals surface area contributed by atoms with Gasteiger partial charge in [-0.15, -0.1) is 0 Å². The van der Waals surface area contributed by atoms with E-state index in [0.29, 0.717) is 6.42 Å². The Bertz CT molecular complexity index is 1000. The number of carbonyl (C=O) groups is 2. The Morgan fingerprint density at radius 3 is 2.31 bits per heavy atom. The van der Waals surface area contributed by atoms with E-state index in [-0.39, 0.29) is 0 Å². The van der Waals surface area contributed by atoms with Crippen LogP contribution >= 0.6 is 0 Å². The molecule has 0 radical (unpaired) electrons. The average Bonchev–Trinajstić information content (AvgIpc) is 3.06. The van der Waals surface area contributed by atoms with Crippen molar-refractivity contribution in [3.63, 3.8) is 0 Å². The topological polar surface area (TPSA) is 115 Å². The summed E-state index contributed by atoms with van der Waals surface area (Å²) in [5, 5.41) is 28.4. The smallest absolute Gasteiger partial charge is 0.414 e. The molecule has 0 atom stereocenters. The van der Waals surface area contributed by atoms with Crippen molar-refractivity contribution in [3.8, 4) is 6.07 Å². The number of aryl methyl sites for hydroxylation is 2. The lowest BCUT2D eigenvalue weighted by Crippen LogP contribution is -2.12. The van der Waals surface area contributed by atoms with Gasteiger partial charge in [0, 0.05) is 36.7 Å². The van der Waals surface area contributed by atoms with E-state index < -0.39 is 11.9 Å². The van der Waals surface area contributed by atoms with Gasteiger partial charge in [0.05, 0.1) is 12.5 Å². The van der Waals surface area contributed by atoms with Gasteiger partial charge in [-0.25, -0.2) is 9.59 Å². The molecule has 3 N–H and O–H groups in total.